The smallest absolute Gasteiger partial charge is 0.327 e. The number of carboxylic acid groups (broad SMARTS) is 4. The zero-order valence-corrected chi connectivity index (χ0v) is 21.6. The van der Waals surface area contributed by atoms with Crippen molar-refractivity contribution in [3.63, 3.8) is 0 Å². The number of carbonyl (C=O) groups is 5. The van der Waals surface area contributed by atoms with Crippen LogP contribution in [0.5, 0.6) is 0 Å². The van der Waals surface area contributed by atoms with E-state index in [0.717, 1.165) is 18.9 Å². The number of hydrogen-bond acceptors (Lipinski definition) is 7. The van der Waals surface area contributed by atoms with Crippen molar-refractivity contribution in [1.29, 1.82) is 0 Å². The Balaban J connectivity index is -0.000000178. The predicted molar refractivity (Wildman–Crippen MR) is 135 cm³/mol. The van der Waals surface area contributed by atoms with Crippen molar-refractivity contribution in [2.75, 3.05) is 0 Å². The molecule has 11 heteroatoms. The second kappa shape index (κ2) is 29.6. The van der Waals surface area contributed by atoms with Crippen LogP contribution in [-0.2, 0) is 28.7 Å². The number of esters is 1. The van der Waals surface area contributed by atoms with Crippen molar-refractivity contribution in [2.24, 2.45) is 0 Å². The molecule has 0 radical (unpaired) electrons. The van der Waals surface area contributed by atoms with Gasteiger partial charge in [-0.1, -0.05) is 31.2 Å². The Labute approximate surface area is 212 Å². The van der Waals surface area contributed by atoms with Crippen LogP contribution in [0.1, 0.15) is 79.1 Å². The van der Waals surface area contributed by atoms with Crippen LogP contribution in [0.15, 0.2) is 37.0 Å². The van der Waals surface area contributed by atoms with Crippen LogP contribution in [0.3, 0.4) is 0 Å². The van der Waals surface area contributed by atoms with Gasteiger partial charge in [0.2, 0.25) is 0 Å². The minimum Gasteiger partial charge on any atom is -0.481 e. The van der Waals surface area contributed by atoms with Gasteiger partial charge < -0.3 is 30.3 Å². The third-order valence-corrected chi connectivity index (χ3v) is 3.45. The van der Waals surface area contributed by atoms with Gasteiger partial charge in [0.25, 0.3) is 0 Å². The molecule has 11 nitrogen and oxygen atoms in total. The molecule has 0 spiro atoms. The fourth-order valence-electron chi connectivity index (χ4n) is 1.66. The average molecular weight is 519 g/mol. The van der Waals surface area contributed by atoms with Crippen LogP contribution in [0.25, 0.3) is 0 Å². The van der Waals surface area contributed by atoms with E-state index in [0.29, 0.717) is 19.3 Å². The fourth-order valence-corrected chi connectivity index (χ4v) is 1.66. The van der Waals surface area contributed by atoms with E-state index in [9.17, 15) is 24.0 Å². The maximum Gasteiger partial charge on any atom is 0.327 e. The molecule has 0 aromatic carbocycles. The second-order valence-electron chi connectivity index (χ2n) is 7.16. The lowest BCUT2D eigenvalue weighted by Crippen LogP contribution is -2.03. The van der Waals surface area contributed by atoms with Gasteiger partial charge in [-0.25, -0.2) is 4.79 Å². The van der Waals surface area contributed by atoms with Crippen molar-refractivity contribution >= 4 is 29.8 Å². The summed E-state index contributed by atoms with van der Waals surface area (Å²) in [5.74, 6) is -3.32. The normalized spacial score (nSPS) is 14.2. The van der Waals surface area contributed by atoms with Crippen molar-refractivity contribution in [3.8, 4) is 0 Å². The largest absolute Gasteiger partial charge is 0.481 e. The lowest BCUT2D eigenvalue weighted by Gasteiger charge is -1.97. The summed E-state index contributed by atoms with van der Waals surface area (Å²) in [6.07, 6.45) is 10.9. The summed E-state index contributed by atoms with van der Waals surface area (Å²) in [5, 5.41) is 40.5. The standard InChI is InChI=1S/C5H10O3.4C5H8O2/c1-4(6)2-3-5(7)8;1-4-2-3-5(6)7-4;3*1-2-3-4-5(6)7/h4,6H,2-3H2,1H3,(H,7,8);4H,2-3H2,1H3;3-4H,2H2,1H3,(H,6,7);2-3H,4H2,1H3,(H,6,7);2H,1,3-4H2,(H,6,7)/b;;4-3+;3-2+;. The van der Waals surface area contributed by atoms with Crippen LogP contribution in [-0.4, -0.2) is 67.6 Å². The monoisotopic (exact) mass is 518 g/mol. The fraction of sp³-hybridized carbons (Fsp3) is 0.560. The first-order chi connectivity index (χ1) is 16.7. The van der Waals surface area contributed by atoms with Gasteiger partial charge in [-0.2, -0.15) is 0 Å². The molecule has 2 atom stereocenters. The Hall–Kier alpha value is -3.47. The Morgan fingerprint density at radius 1 is 1.06 bits per heavy atom. The molecular formula is C25H42O11. The molecule has 2 unspecified atom stereocenters. The number of hydrogen-bond donors (Lipinski definition) is 5. The Bertz CT molecular complexity index is 679. The molecule has 0 aliphatic carbocycles. The van der Waals surface area contributed by atoms with Crippen LogP contribution in [0, 0.1) is 0 Å². The zero-order chi connectivity index (χ0) is 28.9. The Morgan fingerprint density at radius 2 is 1.61 bits per heavy atom. The molecule has 1 aliphatic rings. The number of cyclic esters (lactones) is 1. The SMILES string of the molecule is C/C=C/CC(=O)O.C=CCCC(=O)O.CC(O)CCC(=O)O.CC/C=C/C(=O)O.CC1CCC(=O)O1. The highest BCUT2D eigenvalue weighted by Crippen LogP contribution is 2.11. The van der Waals surface area contributed by atoms with E-state index >= 15 is 0 Å². The molecule has 1 rings (SSSR count). The van der Waals surface area contributed by atoms with Gasteiger partial charge in [0.05, 0.1) is 18.6 Å². The molecule has 1 heterocycles. The van der Waals surface area contributed by atoms with Gasteiger partial charge in [-0.3, -0.25) is 19.2 Å². The zero-order valence-electron chi connectivity index (χ0n) is 21.6. The van der Waals surface area contributed by atoms with Gasteiger partial charge in [-0.15, -0.1) is 6.58 Å². The van der Waals surface area contributed by atoms with Crippen LogP contribution >= 0.6 is 0 Å². The van der Waals surface area contributed by atoms with Gasteiger partial charge in [0.1, 0.15) is 0 Å². The average Bonchev–Trinajstić information content (AvgIpc) is 3.17. The van der Waals surface area contributed by atoms with Crippen molar-refractivity contribution in [1.82, 2.24) is 0 Å². The quantitative estimate of drug-likeness (QED) is 0.159. The van der Waals surface area contributed by atoms with E-state index in [2.05, 4.69) is 6.58 Å². The van der Waals surface area contributed by atoms with E-state index in [4.69, 9.17) is 30.3 Å². The summed E-state index contributed by atoms with van der Waals surface area (Å²) in [7, 11) is 0. The maximum absolute atomic E-state index is 10.2. The van der Waals surface area contributed by atoms with E-state index in [1.54, 1.807) is 38.2 Å². The molecule has 5 N–H and O–H groups in total. The highest BCUT2D eigenvalue weighted by molar-refractivity contribution is 5.79. The van der Waals surface area contributed by atoms with E-state index in [1.165, 1.54) is 0 Å². The summed E-state index contributed by atoms with van der Waals surface area (Å²) < 4.78 is 4.72. The van der Waals surface area contributed by atoms with Crippen molar-refractivity contribution in [3.05, 3.63) is 37.0 Å². The minimum atomic E-state index is -0.873. The molecule has 0 saturated carbocycles. The topological polar surface area (TPSA) is 196 Å². The lowest BCUT2D eigenvalue weighted by molar-refractivity contribution is -0.141. The first kappa shape index (κ1) is 39.7. The van der Waals surface area contributed by atoms with Crippen LogP contribution in [0.4, 0.5) is 0 Å². The van der Waals surface area contributed by atoms with Gasteiger partial charge in [-0.05, 0) is 46.5 Å². The molecular weight excluding hydrogens is 476 g/mol. The minimum absolute atomic E-state index is 0.0486. The molecule has 1 aliphatic heterocycles. The van der Waals surface area contributed by atoms with E-state index < -0.39 is 30.0 Å². The van der Waals surface area contributed by atoms with Gasteiger partial charge >= 0.3 is 29.8 Å². The van der Waals surface area contributed by atoms with Gasteiger partial charge in [0.15, 0.2) is 0 Å². The molecule has 0 bridgehead atoms. The first-order valence-electron chi connectivity index (χ1n) is 11.4. The Morgan fingerprint density at radius 3 is 1.75 bits per heavy atom. The summed E-state index contributed by atoms with van der Waals surface area (Å²) >= 11 is 0. The third-order valence-electron chi connectivity index (χ3n) is 3.45. The number of allylic oxidation sites excluding steroid dienone is 3. The number of carboxylic acids is 4. The number of aliphatic hydroxyl groups is 1. The van der Waals surface area contributed by atoms with E-state index in [-0.39, 0.29) is 31.3 Å². The predicted octanol–water partition coefficient (Wildman–Crippen LogP) is 4.06. The lowest BCUT2D eigenvalue weighted by atomic mass is 10.2. The highest BCUT2D eigenvalue weighted by Gasteiger charge is 2.17. The van der Waals surface area contributed by atoms with Crippen LogP contribution < -0.4 is 0 Å². The number of aliphatic hydroxyl groups excluding tert-OH is 1. The molecule has 1 saturated heterocycles. The summed E-state index contributed by atoms with van der Waals surface area (Å²) in [4.78, 5) is 49.1. The number of aliphatic carboxylic acids is 4. The van der Waals surface area contributed by atoms with Crippen LogP contribution in [0.2, 0.25) is 0 Å². The summed E-state index contributed by atoms with van der Waals surface area (Å²) in [6.45, 7) is 10.5. The summed E-state index contributed by atoms with van der Waals surface area (Å²) in [6, 6.07) is 0. The first-order valence-corrected chi connectivity index (χ1v) is 11.4. The summed E-state index contributed by atoms with van der Waals surface area (Å²) in [5.41, 5.74) is 0. The maximum atomic E-state index is 10.2. The second-order valence-corrected chi connectivity index (χ2v) is 7.16. The molecule has 208 valence electrons. The molecule has 36 heavy (non-hydrogen) atoms. The van der Waals surface area contributed by atoms with Gasteiger partial charge in [0, 0.05) is 25.3 Å². The Kier molecular flexibility index (Phi) is 32.6. The van der Waals surface area contributed by atoms with Crippen molar-refractivity contribution in [2.45, 2.75) is 91.3 Å². The highest BCUT2D eigenvalue weighted by atomic mass is 16.5. The van der Waals surface area contributed by atoms with E-state index in [1.807, 2.05) is 13.8 Å². The molecule has 0 aromatic rings. The molecule has 0 aromatic heterocycles. The number of carbonyl (C=O) groups excluding carboxylic acids is 1. The third kappa shape index (κ3) is 52.4. The molecule has 1 fully saturated rings. The van der Waals surface area contributed by atoms with Crippen molar-refractivity contribution < 1.29 is 54.2 Å². The number of ether oxygens (including phenoxy) is 1. The molecule has 0 amide bonds. The number of rotatable bonds is 10.